The molecule has 0 aromatic heterocycles. The third-order valence-electron chi connectivity index (χ3n) is 9.70. The summed E-state index contributed by atoms with van der Waals surface area (Å²) in [5.74, 6) is -0.142. The number of carbonyl (C=O) groups is 1. The van der Waals surface area contributed by atoms with E-state index >= 15 is 0 Å². The van der Waals surface area contributed by atoms with E-state index in [0.29, 0.717) is 39.0 Å². The van der Waals surface area contributed by atoms with Crippen LogP contribution in [0.2, 0.25) is 0 Å². The zero-order valence-electron chi connectivity index (χ0n) is 33.2. The van der Waals surface area contributed by atoms with Crippen molar-refractivity contribution in [1.29, 1.82) is 0 Å². The Bertz CT molecular complexity index is 796. The first-order chi connectivity index (χ1) is 24.7. The van der Waals surface area contributed by atoms with Gasteiger partial charge in [0.25, 0.3) is 0 Å². The fourth-order valence-corrected chi connectivity index (χ4v) is 6.37. The van der Waals surface area contributed by atoms with Crippen LogP contribution in [0.1, 0.15) is 194 Å². The molecule has 0 saturated carbocycles. The van der Waals surface area contributed by atoms with Crippen molar-refractivity contribution < 1.29 is 18.9 Å². The molecule has 0 N–H and O–H groups in total. The van der Waals surface area contributed by atoms with Gasteiger partial charge in [-0.15, -0.1) is 0 Å². The summed E-state index contributed by atoms with van der Waals surface area (Å²) in [6.07, 6.45) is 44.8. The van der Waals surface area contributed by atoms with Crippen LogP contribution in [-0.4, -0.2) is 75.7 Å². The molecule has 0 aromatic rings. The van der Waals surface area contributed by atoms with E-state index in [1.54, 1.807) is 0 Å². The van der Waals surface area contributed by atoms with E-state index in [1.807, 2.05) is 4.90 Å². The van der Waals surface area contributed by atoms with Crippen LogP contribution in [0, 0.1) is 0 Å². The second-order valence-electron chi connectivity index (χ2n) is 14.4. The van der Waals surface area contributed by atoms with E-state index in [0.717, 1.165) is 46.7 Å². The summed E-state index contributed by atoms with van der Waals surface area (Å²) >= 11 is 0. The van der Waals surface area contributed by atoms with E-state index < -0.39 is 0 Å². The molecule has 0 amide bonds. The minimum Gasteiger partial charge on any atom is -0.0885 e. The standard InChI is InChI=1S/C42H80B2N2O4/c1-3-5-7-9-11-13-15-17-19-21-23-25-27-29-31-33-35-45(40-43-48)36-37-46(41-44-49)38-39-50-42(47)34-32-30-28-26-24-22-20-18-16-14-12-10-8-6-4-2/h17-20H,3-16,21-41H2,1-2H3. The zero-order valence-corrected chi connectivity index (χ0v) is 33.2. The SMILES string of the molecule is CCCCCCCCC=CCCCCCCCCN(CB=O)CCN(CB=O)CCOC(=O)CCCCCCCC=CCCCCCCCC. The van der Waals surface area contributed by atoms with Gasteiger partial charge in [0.1, 0.15) is 0 Å². The molecule has 0 aliphatic carbocycles. The van der Waals surface area contributed by atoms with Crippen molar-refractivity contribution in [2.75, 3.05) is 45.7 Å². The molecule has 0 fully saturated rings. The molecule has 6 nitrogen and oxygen atoms in total. The van der Waals surface area contributed by atoms with Crippen molar-refractivity contribution in [3.05, 3.63) is 24.3 Å². The Morgan fingerprint density at radius 1 is 0.460 bits per heavy atom. The summed E-state index contributed by atoms with van der Waals surface area (Å²) in [6, 6.07) is 0. The van der Waals surface area contributed by atoms with Crippen LogP contribution >= 0.6 is 0 Å². The molecule has 50 heavy (non-hydrogen) atoms. The first kappa shape index (κ1) is 48.6. The Hall–Kier alpha value is -1.40. The van der Waals surface area contributed by atoms with E-state index in [9.17, 15) is 14.2 Å². The van der Waals surface area contributed by atoms with Crippen molar-refractivity contribution in [2.45, 2.75) is 194 Å². The molecule has 0 saturated heterocycles. The van der Waals surface area contributed by atoms with Gasteiger partial charge in [-0.2, -0.15) is 0 Å². The van der Waals surface area contributed by atoms with Gasteiger partial charge in [0, 0.05) is 0 Å². The van der Waals surface area contributed by atoms with Crippen LogP contribution in [0.3, 0.4) is 0 Å². The maximum absolute atomic E-state index is 12.2. The summed E-state index contributed by atoms with van der Waals surface area (Å²) in [7, 11) is 1.88. The van der Waals surface area contributed by atoms with Crippen molar-refractivity contribution in [3.63, 3.8) is 0 Å². The van der Waals surface area contributed by atoms with Crippen LogP contribution in [0.5, 0.6) is 0 Å². The van der Waals surface area contributed by atoms with Gasteiger partial charge in [-0.1, -0.05) is 90.2 Å². The second kappa shape index (κ2) is 42.0. The number of rotatable bonds is 41. The average molecular weight is 699 g/mol. The minimum absolute atomic E-state index is 0.142. The first-order valence-corrected chi connectivity index (χ1v) is 21.4. The predicted octanol–water partition coefficient (Wildman–Crippen LogP) is 11.2. The summed E-state index contributed by atoms with van der Waals surface area (Å²) in [6.45, 7) is 7.71. The summed E-state index contributed by atoms with van der Waals surface area (Å²) in [5, 5.41) is 0. The number of carbonyl (C=O) groups excluding carboxylic acids is 1. The van der Waals surface area contributed by atoms with Crippen LogP contribution in [0.4, 0.5) is 0 Å². The molecule has 0 radical (unpaired) electrons. The number of unbranched alkanes of at least 4 members (excludes halogenated alkanes) is 23. The van der Waals surface area contributed by atoms with Gasteiger partial charge in [-0.05, 0) is 32.1 Å². The fraction of sp³-hybridized carbons (Fsp3) is 0.881. The molecule has 8 heteroatoms. The molecule has 0 bridgehead atoms. The zero-order chi connectivity index (χ0) is 36.4. The van der Waals surface area contributed by atoms with Gasteiger partial charge < -0.3 is 0 Å². The van der Waals surface area contributed by atoms with Crippen molar-refractivity contribution in [2.24, 2.45) is 0 Å². The van der Waals surface area contributed by atoms with Gasteiger partial charge in [-0.3, -0.25) is 0 Å². The maximum atomic E-state index is 12.2. The topological polar surface area (TPSA) is 66.9 Å². The van der Waals surface area contributed by atoms with Crippen molar-refractivity contribution >= 4 is 20.3 Å². The van der Waals surface area contributed by atoms with Crippen molar-refractivity contribution in [1.82, 2.24) is 9.80 Å². The Balaban J connectivity index is 3.83. The number of esters is 1. The molecule has 0 aliphatic rings. The molecular formula is C42H80B2N2O4. The minimum atomic E-state index is -0.142. The van der Waals surface area contributed by atoms with Gasteiger partial charge >= 0.3 is 190 Å². The third-order valence-corrected chi connectivity index (χ3v) is 9.70. The normalized spacial score (nSPS) is 11.7. The summed E-state index contributed by atoms with van der Waals surface area (Å²) in [4.78, 5) is 16.4. The number of ether oxygens (including phenoxy) is 1. The Kier molecular flexibility index (Phi) is 40.8. The Morgan fingerprint density at radius 3 is 1.24 bits per heavy atom. The van der Waals surface area contributed by atoms with Crippen molar-refractivity contribution in [3.8, 4) is 0 Å². The molecular weight excluding hydrogens is 618 g/mol. The predicted molar refractivity (Wildman–Crippen MR) is 216 cm³/mol. The van der Waals surface area contributed by atoms with Gasteiger partial charge in [0.05, 0.1) is 0 Å². The molecule has 0 heterocycles. The average Bonchev–Trinajstić information content (AvgIpc) is 3.11. The molecule has 0 unspecified atom stereocenters. The summed E-state index contributed by atoms with van der Waals surface area (Å²) < 4.78 is 28.0. The van der Waals surface area contributed by atoms with Crippen LogP contribution in [0.15, 0.2) is 24.3 Å². The second-order valence-corrected chi connectivity index (χ2v) is 14.4. The van der Waals surface area contributed by atoms with Crippen LogP contribution in [0.25, 0.3) is 0 Å². The van der Waals surface area contributed by atoms with Crippen LogP contribution < -0.4 is 0 Å². The monoisotopic (exact) mass is 699 g/mol. The summed E-state index contributed by atoms with van der Waals surface area (Å²) in [5.41, 5.74) is 0. The Labute approximate surface area is 311 Å². The number of allylic oxidation sites excluding steroid dienone is 4. The number of hydrogen-bond acceptors (Lipinski definition) is 6. The molecule has 0 spiro atoms. The Morgan fingerprint density at radius 2 is 0.820 bits per heavy atom. The fourth-order valence-electron chi connectivity index (χ4n) is 6.37. The van der Waals surface area contributed by atoms with E-state index in [4.69, 9.17) is 4.74 Å². The number of nitrogens with zero attached hydrogens (tertiary/aromatic N) is 2. The van der Waals surface area contributed by atoms with Crippen LogP contribution in [-0.2, 0) is 18.9 Å². The first-order valence-electron chi connectivity index (χ1n) is 21.4. The third kappa shape index (κ3) is 37.8. The molecule has 0 aliphatic heterocycles. The van der Waals surface area contributed by atoms with Gasteiger partial charge in [0.15, 0.2) is 0 Å². The molecule has 0 aromatic carbocycles. The van der Waals surface area contributed by atoms with E-state index in [2.05, 4.69) is 43.1 Å². The quantitative estimate of drug-likeness (QED) is 0.0274. The molecule has 0 rings (SSSR count). The van der Waals surface area contributed by atoms with E-state index in [1.165, 1.54) is 154 Å². The molecule has 0 atom stereocenters. The number of hydrogen-bond donors (Lipinski definition) is 0. The smallest absolute Gasteiger partial charge is 0.0885 e. The van der Waals surface area contributed by atoms with E-state index in [-0.39, 0.29) is 5.97 Å². The van der Waals surface area contributed by atoms with Gasteiger partial charge in [0.2, 0.25) is 0 Å². The molecule has 288 valence electrons. The van der Waals surface area contributed by atoms with Gasteiger partial charge in [-0.25, -0.2) is 0 Å².